The van der Waals surface area contributed by atoms with E-state index in [4.69, 9.17) is 8.85 Å². The first-order valence-electron chi connectivity index (χ1n) is 12.7. The summed E-state index contributed by atoms with van der Waals surface area (Å²) in [6.45, 7) is 2.63. The van der Waals surface area contributed by atoms with E-state index in [1.165, 1.54) is 4.90 Å². The third kappa shape index (κ3) is 4.48. The van der Waals surface area contributed by atoms with Gasteiger partial charge in [-0.2, -0.15) is 0 Å². The summed E-state index contributed by atoms with van der Waals surface area (Å²) in [7, 11) is 0. The SMILES string of the molecule is [2H]C([2H])([2H])CCN1CC(Sc2ccc(C3Oc4cc(O)ccc4C(C)=C3c3ccc(O)cc3)cc2)C1. The molecular weight excluding hydrogens is 430 g/mol. The highest BCUT2D eigenvalue weighted by Crippen LogP contribution is 2.47. The van der Waals surface area contributed by atoms with Crippen molar-refractivity contribution in [1.82, 2.24) is 4.90 Å². The van der Waals surface area contributed by atoms with E-state index in [1.54, 1.807) is 24.3 Å². The van der Waals surface area contributed by atoms with Crippen LogP contribution in [0.3, 0.4) is 0 Å². The molecule has 2 N–H and O–H groups in total. The number of hydrogen-bond donors (Lipinski definition) is 2. The summed E-state index contributed by atoms with van der Waals surface area (Å²) >= 11 is 1.82. The Bertz CT molecular complexity index is 1270. The predicted octanol–water partition coefficient (Wildman–Crippen LogP) is 6.35. The number of benzene rings is 3. The van der Waals surface area contributed by atoms with Crippen LogP contribution in [-0.4, -0.2) is 40.0 Å². The van der Waals surface area contributed by atoms with Gasteiger partial charge in [0.05, 0.1) is 0 Å². The van der Waals surface area contributed by atoms with E-state index < -0.39 is 6.85 Å². The number of thioether (sulfide) groups is 1. The van der Waals surface area contributed by atoms with Crippen molar-refractivity contribution in [2.75, 3.05) is 19.6 Å². The number of fused-ring (bicyclic) bond motifs is 1. The predicted molar refractivity (Wildman–Crippen MR) is 135 cm³/mol. The summed E-state index contributed by atoms with van der Waals surface area (Å²) in [4.78, 5) is 3.36. The number of hydrogen-bond acceptors (Lipinski definition) is 5. The van der Waals surface area contributed by atoms with Crippen molar-refractivity contribution in [1.29, 1.82) is 0 Å². The Balaban J connectivity index is 1.34. The summed E-state index contributed by atoms with van der Waals surface area (Å²) in [5.41, 5.74) is 5.00. The Morgan fingerprint density at radius 2 is 1.73 bits per heavy atom. The molecule has 3 aromatic carbocycles. The van der Waals surface area contributed by atoms with E-state index in [0.717, 1.165) is 40.9 Å². The van der Waals surface area contributed by atoms with Crippen LogP contribution in [-0.2, 0) is 0 Å². The van der Waals surface area contributed by atoms with Crippen molar-refractivity contribution in [2.45, 2.75) is 36.4 Å². The van der Waals surface area contributed by atoms with E-state index in [9.17, 15) is 10.2 Å². The molecule has 0 radical (unpaired) electrons. The van der Waals surface area contributed by atoms with Crippen LogP contribution in [0.1, 0.15) is 47.1 Å². The first-order chi connectivity index (χ1) is 17.2. The van der Waals surface area contributed by atoms with Crippen LogP contribution in [0.25, 0.3) is 11.1 Å². The average Bonchev–Trinajstić information content (AvgIpc) is 2.81. The fourth-order valence-corrected chi connectivity index (χ4v) is 5.79. The standard InChI is InChI=1S/C28H29NO3S/c1-3-14-29-16-24(17-29)33-23-11-6-20(7-12-23)28-27(19-4-8-21(30)9-5-19)18(2)25-13-10-22(31)15-26(25)32-28/h4-13,15,24,28,30-31H,3,14,16-17H2,1-2H3/i1D3. The molecule has 2 heterocycles. The van der Waals surface area contributed by atoms with Gasteiger partial charge in [-0.1, -0.05) is 31.1 Å². The zero-order valence-electron chi connectivity index (χ0n) is 21.5. The van der Waals surface area contributed by atoms with E-state index in [2.05, 4.69) is 36.1 Å². The fraction of sp³-hybridized carbons (Fsp3) is 0.286. The number of likely N-dealkylation sites (tertiary alicyclic amines) is 1. The molecule has 1 fully saturated rings. The molecule has 5 heteroatoms. The molecule has 0 amide bonds. The van der Waals surface area contributed by atoms with Gasteiger partial charge in [-0.3, -0.25) is 0 Å². The summed E-state index contributed by atoms with van der Waals surface area (Å²) in [5.74, 6) is 1.02. The van der Waals surface area contributed by atoms with Crippen molar-refractivity contribution in [2.24, 2.45) is 0 Å². The van der Waals surface area contributed by atoms with Gasteiger partial charge in [-0.05, 0) is 73.0 Å². The first kappa shape index (κ1) is 18.5. The average molecular weight is 463 g/mol. The van der Waals surface area contributed by atoms with Gasteiger partial charge in [0, 0.05) is 44.6 Å². The van der Waals surface area contributed by atoms with Crippen LogP contribution in [0, 0.1) is 0 Å². The van der Waals surface area contributed by atoms with Gasteiger partial charge in [0.2, 0.25) is 0 Å². The van der Waals surface area contributed by atoms with Gasteiger partial charge >= 0.3 is 0 Å². The summed E-state index contributed by atoms with van der Waals surface area (Å²) in [6, 6.07) is 20.7. The lowest BCUT2D eigenvalue weighted by Gasteiger charge is -2.38. The largest absolute Gasteiger partial charge is 0.508 e. The lowest BCUT2D eigenvalue weighted by molar-refractivity contribution is 0.191. The van der Waals surface area contributed by atoms with Gasteiger partial charge in [0.15, 0.2) is 0 Å². The normalized spacial score (nSPS) is 20.3. The molecule has 3 aromatic rings. The van der Waals surface area contributed by atoms with Crippen molar-refractivity contribution in [3.63, 3.8) is 0 Å². The molecular formula is C28H29NO3S. The van der Waals surface area contributed by atoms with Crippen molar-refractivity contribution >= 4 is 22.9 Å². The highest BCUT2D eigenvalue weighted by atomic mass is 32.2. The zero-order valence-corrected chi connectivity index (χ0v) is 19.3. The van der Waals surface area contributed by atoms with E-state index in [1.807, 2.05) is 30.0 Å². The van der Waals surface area contributed by atoms with Crippen LogP contribution in [0.2, 0.25) is 0 Å². The number of phenolic OH excluding ortho intramolecular Hbond substituents is 2. The maximum Gasteiger partial charge on any atom is 0.150 e. The van der Waals surface area contributed by atoms with E-state index in [0.29, 0.717) is 17.5 Å². The minimum absolute atomic E-state index is 0.161. The van der Waals surface area contributed by atoms with Gasteiger partial charge in [-0.15, -0.1) is 11.8 Å². The van der Waals surface area contributed by atoms with Gasteiger partial charge in [0.25, 0.3) is 0 Å². The molecule has 0 saturated carbocycles. The maximum absolute atomic E-state index is 10.0. The number of rotatable bonds is 6. The Morgan fingerprint density at radius 3 is 2.45 bits per heavy atom. The zero-order chi connectivity index (χ0) is 25.4. The summed E-state index contributed by atoms with van der Waals surface area (Å²) < 4.78 is 28.5. The lowest BCUT2D eigenvalue weighted by atomic mass is 9.86. The minimum Gasteiger partial charge on any atom is -0.508 e. The van der Waals surface area contributed by atoms with Crippen molar-refractivity contribution in [3.8, 4) is 17.2 Å². The Morgan fingerprint density at radius 1 is 1.00 bits per heavy atom. The van der Waals surface area contributed by atoms with Gasteiger partial charge in [0.1, 0.15) is 23.4 Å². The molecule has 0 spiro atoms. The number of ether oxygens (including phenoxy) is 1. The highest BCUT2D eigenvalue weighted by molar-refractivity contribution is 8.00. The van der Waals surface area contributed by atoms with Crippen molar-refractivity contribution < 1.29 is 19.1 Å². The monoisotopic (exact) mass is 462 g/mol. The van der Waals surface area contributed by atoms with Crippen LogP contribution < -0.4 is 4.74 Å². The second-order valence-corrected chi connectivity index (χ2v) is 9.96. The molecule has 0 bridgehead atoms. The number of nitrogens with zero attached hydrogens (tertiary/aromatic N) is 1. The van der Waals surface area contributed by atoms with E-state index in [-0.39, 0.29) is 24.0 Å². The first-order valence-corrected chi connectivity index (χ1v) is 12.0. The molecule has 33 heavy (non-hydrogen) atoms. The quantitative estimate of drug-likeness (QED) is 0.447. The number of allylic oxidation sites excluding steroid dienone is 1. The number of aromatic hydroxyl groups is 2. The van der Waals surface area contributed by atoms with E-state index >= 15 is 0 Å². The summed E-state index contributed by atoms with van der Waals surface area (Å²) in [6.07, 6.45) is -0.125. The third-order valence-corrected chi connectivity index (χ3v) is 7.47. The number of phenols is 2. The van der Waals surface area contributed by atoms with Crippen LogP contribution in [0.5, 0.6) is 17.2 Å². The Labute approximate surface area is 203 Å². The fourth-order valence-electron chi connectivity index (χ4n) is 4.54. The molecule has 0 aliphatic carbocycles. The molecule has 2 aliphatic rings. The van der Waals surface area contributed by atoms with Crippen molar-refractivity contribution in [3.05, 3.63) is 83.4 Å². The molecule has 170 valence electrons. The minimum atomic E-state index is -1.86. The molecule has 1 atom stereocenters. The molecule has 1 unspecified atom stereocenters. The van der Waals surface area contributed by atoms with Crippen LogP contribution in [0.15, 0.2) is 71.6 Å². The lowest BCUT2D eigenvalue weighted by Crippen LogP contribution is -2.48. The van der Waals surface area contributed by atoms with Gasteiger partial charge < -0.3 is 19.8 Å². The highest BCUT2D eigenvalue weighted by Gasteiger charge is 2.30. The molecule has 4 nitrogen and oxygen atoms in total. The smallest absolute Gasteiger partial charge is 0.150 e. The van der Waals surface area contributed by atoms with Crippen LogP contribution >= 0.6 is 11.8 Å². The molecule has 0 aromatic heterocycles. The van der Waals surface area contributed by atoms with Crippen LogP contribution in [0.4, 0.5) is 0 Å². The Kier molecular flexibility index (Phi) is 5.14. The topological polar surface area (TPSA) is 52.9 Å². The molecule has 5 rings (SSSR count). The second-order valence-electron chi connectivity index (χ2n) is 8.58. The molecule has 2 aliphatic heterocycles. The maximum atomic E-state index is 10.0. The Hall–Kier alpha value is -2.89. The molecule has 1 saturated heterocycles. The third-order valence-electron chi connectivity index (χ3n) is 6.30. The van der Waals surface area contributed by atoms with Gasteiger partial charge in [-0.25, -0.2) is 0 Å². The second kappa shape index (κ2) is 9.16. The summed E-state index contributed by atoms with van der Waals surface area (Å²) in [5, 5.41) is 20.3.